The summed E-state index contributed by atoms with van der Waals surface area (Å²) in [5.41, 5.74) is 5.66. The number of hydrogen-bond acceptors (Lipinski definition) is 16. The van der Waals surface area contributed by atoms with E-state index in [4.69, 9.17) is 15.7 Å². The van der Waals surface area contributed by atoms with Crippen molar-refractivity contribution in [2.45, 2.75) is 20.1 Å². The Kier molecular flexibility index (Phi) is 8.52. The van der Waals surface area contributed by atoms with E-state index in [-0.39, 0.29) is 33.9 Å². The van der Waals surface area contributed by atoms with Crippen LogP contribution < -0.4 is 11.1 Å². The molecular formula is C17H16N8O7S5. The van der Waals surface area contributed by atoms with Crippen LogP contribution >= 0.6 is 58.2 Å². The zero-order valence-electron chi connectivity index (χ0n) is 18.5. The molecule has 4 heterocycles. The second-order valence-electron chi connectivity index (χ2n) is 7.00. The molecule has 196 valence electrons. The number of anilines is 1. The smallest absolute Gasteiger partial charge is 0.352 e. The first kappa shape index (κ1) is 27.1. The van der Waals surface area contributed by atoms with Gasteiger partial charge >= 0.3 is 11.9 Å². The molecule has 2 atom stereocenters. The van der Waals surface area contributed by atoms with Crippen molar-refractivity contribution < 1.29 is 34.2 Å². The van der Waals surface area contributed by atoms with Crippen molar-refractivity contribution in [2.24, 2.45) is 5.16 Å². The van der Waals surface area contributed by atoms with Gasteiger partial charge in [-0.05, 0) is 5.57 Å². The molecular weight excluding hydrogens is 589 g/mol. The quantitative estimate of drug-likeness (QED) is 0.115. The second-order valence-corrected chi connectivity index (χ2v) is 12.3. The van der Waals surface area contributed by atoms with Gasteiger partial charge in [-0.25, -0.2) is 4.79 Å². The molecule has 0 saturated carbocycles. The number of nitrogens with one attached hydrogen (secondary N) is 1. The Labute approximate surface area is 228 Å². The van der Waals surface area contributed by atoms with E-state index in [2.05, 4.69) is 30.0 Å². The first-order valence-electron chi connectivity index (χ1n) is 9.92. The summed E-state index contributed by atoms with van der Waals surface area (Å²) in [7, 11) is 1.23. The zero-order chi connectivity index (χ0) is 26.7. The van der Waals surface area contributed by atoms with E-state index in [1.54, 1.807) is 0 Å². The molecule has 1 unspecified atom stereocenters. The number of carbonyl (C=O) groups is 4. The van der Waals surface area contributed by atoms with Crippen LogP contribution in [-0.4, -0.2) is 99.9 Å². The summed E-state index contributed by atoms with van der Waals surface area (Å²) in [5.74, 6) is -3.26. The average Bonchev–Trinajstić information content (AvgIpc) is 3.50. The summed E-state index contributed by atoms with van der Waals surface area (Å²) in [6, 6.07) is -0.990. The Bertz CT molecular complexity index is 1310. The Morgan fingerprint density at radius 3 is 2.62 bits per heavy atom. The SMILES string of the molecule is CO/N=C(/C(=O)NC1C(=O)N2C(C(=O)O)=C(CSc3nnc(SCC(=O)O)s3)CS[C@H]12)c1nsc(N)n1. The highest BCUT2D eigenvalue weighted by molar-refractivity contribution is 8.03. The third kappa shape index (κ3) is 5.98. The van der Waals surface area contributed by atoms with Crippen molar-refractivity contribution >= 4 is 92.8 Å². The number of amides is 2. The Morgan fingerprint density at radius 1 is 1.27 bits per heavy atom. The minimum Gasteiger partial charge on any atom is -0.481 e. The van der Waals surface area contributed by atoms with E-state index < -0.39 is 35.2 Å². The van der Waals surface area contributed by atoms with Crippen molar-refractivity contribution in [3.8, 4) is 0 Å². The molecule has 0 radical (unpaired) electrons. The number of β-lactam (4-membered cyclic amide) rings is 1. The molecule has 0 spiro atoms. The van der Waals surface area contributed by atoms with E-state index in [0.717, 1.165) is 28.2 Å². The number of rotatable bonds is 11. The number of carboxylic acid groups (broad SMARTS) is 2. The molecule has 2 aliphatic rings. The molecule has 5 N–H and O–H groups in total. The van der Waals surface area contributed by atoms with E-state index in [9.17, 15) is 24.3 Å². The number of nitrogen functional groups attached to an aromatic ring is 1. The van der Waals surface area contributed by atoms with Crippen LogP contribution in [0.3, 0.4) is 0 Å². The number of nitrogens with zero attached hydrogens (tertiary/aromatic N) is 6. The summed E-state index contributed by atoms with van der Waals surface area (Å²) in [4.78, 5) is 58.2. The van der Waals surface area contributed by atoms with Crippen molar-refractivity contribution in [1.29, 1.82) is 0 Å². The summed E-state index contributed by atoms with van der Waals surface area (Å²) in [6.45, 7) is 0. The highest BCUT2D eigenvalue weighted by atomic mass is 32.2. The first-order chi connectivity index (χ1) is 17.7. The van der Waals surface area contributed by atoms with E-state index in [1.807, 2.05) is 0 Å². The maximum atomic E-state index is 12.9. The number of fused-ring (bicyclic) bond motifs is 1. The second kappa shape index (κ2) is 11.6. The molecule has 4 rings (SSSR count). The third-order valence-electron chi connectivity index (χ3n) is 4.66. The van der Waals surface area contributed by atoms with Gasteiger partial charge in [0.1, 0.15) is 24.2 Å². The van der Waals surface area contributed by atoms with Gasteiger partial charge < -0.3 is 26.1 Å². The maximum Gasteiger partial charge on any atom is 0.352 e. The zero-order valence-corrected chi connectivity index (χ0v) is 22.6. The van der Waals surface area contributed by atoms with E-state index in [1.165, 1.54) is 42.0 Å². The summed E-state index contributed by atoms with van der Waals surface area (Å²) >= 11 is 5.65. The van der Waals surface area contributed by atoms with E-state index in [0.29, 0.717) is 20.0 Å². The monoisotopic (exact) mass is 604 g/mol. The fourth-order valence-corrected chi connectivity index (χ4v) is 7.86. The molecule has 2 amide bonds. The Balaban J connectivity index is 1.43. The van der Waals surface area contributed by atoms with Gasteiger partial charge in [-0.3, -0.25) is 19.3 Å². The normalized spacial score (nSPS) is 19.3. The predicted octanol–water partition coefficient (Wildman–Crippen LogP) is 0.0299. The molecule has 37 heavy (non-hydrogen) atoms. The van der Waals surface area contributed by atoms with Gasteiger partial charge in [0.25, 0.3) is 11.8 Å². The summed E-state index contributed by atoms with van der Waals surface area (Å²) in [5, 5.41) is 32.2. The molecule has 20 heteroatoms. The molecule has 0 aromatic carbocycles. The molecule has 2 aromatic rings. The third-order valence-corrected chi connectivity index (χ3v) is 9.81. The van der Waals surface area contributed by atoms with E-state index >= 15 is 0 Å². The van der Waals surface area contributed by atoms with Gasteiger partial charge in [-0.2, -0.15) is 9.36 Å². The lowest BCUT2D eigenvalue weighted by Gasteiger charge is -2.49. The first-order valence-corrected chi connectivity index (χ1v) is 14.5. The molecule has 15 nitrogen and oxygen atoms in total. The predicted molar refractivity (Wildman–Crippen MR) is 137 cm³/mol. The number of aromatic nitrogens is 4. The number of nitrogens with two attached hydrogens (primary N) is 1. The topological polar surface area (TPSA) is 223 Å². The molecule has 2 aliphatic heterocycles. The molecule has 0 aliphatic carbocycles. The highest BCUT2D eigenvalue weighted by Gasteiger charge is 2.54. The van der Waals surface area contributed by atoms with Gasteiger partial charge in [0.15, 0.2) is 13.8 Å². The standard InChI is InChI=1S/C17H16N8O7S5/c1-32-23-7(10-20-15(18)37-24-10)11(28)19-8-12(29)25-9(14(30)31)5(2-33-13(8)25)3-34-16-21-22-17(36-16)35-4-6(26)27/h8,13H,2-4H2,1H3,(H,19,28)(H,26,27)(H,30,31)(H2,18,20,24)/b23-7+/t8?,13-/m1/s1. The number of carbonyl (C=O) groups excluding carboxylic acids is 2. The van der Waals surface area contributed by atoms with Crippen molar-refractivity contribution in [1.82, 2.24) is 29.8 Å². The van der Waals surface area contributed by atoms with Crippen LogP contribution in [0, 0.1) is 0 Å². The number of thioether (sulfide) groups is 3. The average molecular weight is 605 g/mol. The summed E-state index contributed by atoms with van der Waals surface area (Å²) in [6.07, 6.45) is 0. The van der Waals surface area contributed by atoms with Crippen molar-refractivity contribution in [2.75, 3.05) is 30.1 Å². The Morgan fingerprint density at radius 2 is 2.00 bits per heavy atom. The molecule has 2 aromatic heterocycles. The lowest BCUT2D eigenvalue weighted by molar-refractivity contribution is -0.150. The van der Waals surface area contributed by atoms with Gasteiger partial charge in [0.2, 0.25) is 11.5 Å². The number of carboxylic acids is 2. The highest BCUT2D eigenvalue weighted by Crippen LogP contribution is 2.42. The van der Waals surface area contributed by atoms with Crippen LogP contribution in [0.15, 0.2) is 25.1 Å². The van der Waals surface area contributed by atoms with Crippen LogP contribution in [0.4, 0.5) is 5.13 Å². The van der Waals surface area contributed by atoms with Crippen LogP contribution in [0.25, 0.3) is 0 Å². The minimum atomic E-state index is -1.27. The lowest BCUT2D eigenvalue weighted by Crippen LogP contribution is -2.71. The number of oxime groups is 1. The number of hydrogen-bond donors (Lipinski definition) is 4. The van der Waals surface area contributed by atoms with Gasteiger partial charge in [0, 0.05) is 23.0 Å². The maximum absolute atomic E-state index is 12.9. The fraction of sp³-hybridized carbons (Fsp3) is 0.353. The Hall–Kier alpha value is -2.94. The molecule has 0 bridgehead atoms. The van der Waals surface area contributed by atoms with Crippen LogP contribution in [0.1, 0.15) is 5.82 Å². The number of aliphatic carboxylic acids is 2. The van der Waals surface area contributed by atoms with Crippen LogP contribution in [-0.2, 0) is 24.0 Å². The van der Waals surface area contributed by atoms with Gasteiger partial charge in [-0.1, -0.05) is 40.0 Å². The van der Waals surface area contributed by atoms with Crippen molar-refractivity contribution in [3.05, 3.63) is 17.1 Å². The van der Waals surface area contributed by atoms with Crippen molar-refractivity contribution in [3.63, 3.8) is 0 Å². The fourth-order valence-electron chi connectivity index (χ4n) is 3.20. The van der Waals surface area contributed by atoms with Crippen LogP contribution in [0.5, 0.6) is 0 Å². The van der Waals surface area contributed by atoms with Crippen LogP contribution in [0.2, 0.25) is 0 Å². The summed E-state index contributed by atoms with van der Waals surface area (Å²) < 4.78 is 4.95. The molecule has 1 fully saturated rings. The van der Waals surface area contributed by atoms with Gasteiger partial charge in [-0.15, -0.1) is 22.0 Å². The largest absolute Gasteiger partial charge is 0.481 e. The van der Waals surface area contributed by atoms with Gasteiger partial charge in [0.05, 0.1) is 5.75 Å². The molecule has 1 saturated heterocycles. The minimum absolute atomic E-state index is 0.0617. The lowest BCUT2D eigenvalue weighted by atomic mass is 10.0.